The summed E-state index contributed by atoms with van der Waals surface area (Å²) < 4.78 is 0. The third-order valence-electron chi connectivity index (χ3n) is 6.21. The second-order valence-corrected chi connectivity index (χ2v) is 8.32. The lowest BCUT2D eigenvalue weighted by Gasteiger charge is -2.37. The van der Waals surface area contributed by atoms with Gasteiger partial charge in [-0.1, -0.05) is 30.5 Å². The quantitative estimate of drug-likeness (QED) is 0.811. The van der Waals surface area contributed by atoms with Crippen LogP contribution in [0.3, 0.4) is 0 Å². The molecule has 1 unspecified atom stereocenters. The van der Waals surface area contributed by atoms with Gasteiger partial charge in [0.05, 0.1) is 6.07 Å². The first-order valence-electron chi connectivity index (χ1n) is 9.98. The maximum Gasteiger partial charge on any atom is 0.235 e. The standard InChI is InChI=1S/C21H29ClN4O/c22-18-2-1-3-19(14-18)26-12-10-25(11-13-26)9-8-16-4-6-17(7-5-16)20(15-23)21(24)27/h1-3,14,16-17,20H,4-13H2,(H2,24,27). The van der Waals surface area contributed by atoms with Crippen molar-refractivity contribution in [2.75, 3.05) is 37.6 Å². The van der Waals surface area contributed by atoms with Crippen LogP contribution in [0, 0.1) is 29.1 Å². The highest BCUT2D eigenvalue weighted by atomic mass is 35.5. The Morgan fingerprint density at radius 1 is 1.22 bits per heavy atom. The Kier molecular flexibility index (Phi) is 6.98. The number of nitrogens with zero attached hydrogens (tertiary/aromatic N) is 3. The first-order valence-corrected chi connectivity index (χ1v) is 10.4. The van der Waals surface area contributed by atoms with E-state index < -0.39 is 11.8 Å². The average Bonchev–Trinajstić information content (AvgIpc) is 2.68. The summed E-state index contributed by atoms with van der Waals surface area (Å²) in [5.41, 5.74) is 6.56. The molecule has 0 bridgehead atoms. The highest BCUT2D eigenvalue weighted by molar-refractivity contribution is 6.30. The van der Waals surface area contributed by atoms with Crippen molar-refractivity contribution in [2.45, 2.75) is 32.1 Å². The SMILES string of the molecule is N#CC(C(N)=O)C1CCC(CCN2CCN(c3cccc(Cl)c3)CC2)CC1. The zero-order chi connectivity index (χ0) is 19.2. The number of primary amides is 1. The Morgan fingerprint density at radius 2 is 1.93 bits per heavy atom. The maximum atomic E-state index is 11.4. The molecule has 146 valence electrons. The maximum absolute atomic E-state index is 11.4. The number of hydrogen-bond acceptors (Lipinski definition) is 4. The molecule has 1 amide bonds. The summed E-state index contributed by atoms with van der Waals surface area (Å²) in [5.74, 6) is -0.200. The van der Waals surface area contributed by atoms with E-state index in [1.165, 1.54) is 12.1 Å². The van der Waals surface area contributed by atoms with Crippen molar-refractivity contribution in [1.29, 1.82) is 5.26 Å². The molecule has 2 aliphatic rings. The van der Waals surface area contributed by atoms with Crippen LogP contribution in [0.2, 0.25) is 5.02 Å². The number of nitriles is 1. The van der Waals surface area contributed by atoms with E-state index in [4.69, 9.17) is 22.6 Å². The zero-order valence-corrected chi connectivity index (χ0v) is 16.6. The normalized spacial score (nSPS) is 25.0. The van der Waals surface area contributed by atoms with Gasteiger partial charge in [0.25, 0.3) is 0 Å². The first kappa shape index (κ1) is 20.0. The van der Waals surface area contributed by atoms with Gasteiger partial charge in [-0.25, -0.2) is 0 Å². The van der Waals surface area contributed by atoms with Crippen LogP contribution >= 0.6 is 11.6 Å². The molecule has 0 radical (unpaired) electrons. The molecule has 1 saturated heterocycles. The predicted octanol–water partition coefficient (Wildman–Crippen LogP) is 3.28. The van der Waals surface area contributed by atoms with Gasteiger partial charge >= 0.3 is 0 Å². The van der Waals surface area contributed by atoms with Crippen molar-refractivity contribution in [3.8, 4) is 6.07 Å². The first-order chi connectivity index (χ1) is 13.1. The number of halogens is 1. The minimum absolute atomic E-state index is 0.157. The monoisotopic (exact) mass is 388 g/mol. The van der Waals surface area contributed by atoms with Crippen LogP contribution in [0.15, 0.2) is 24.3 Å². The Bertz CT molecular complexity index is 673. The van der Waals surface area contributed by atoms with Crippen molar-refractivity contribution < 1.29 is 4.79 Å². The zero-order valence-electron chi connectivity index (χ0n) is 15.8. The van der Waals surface area contributed by atoms with E-state index in [1.807, 2.05) is 18.2 Å². The van der Waals surface area contributed by atoms with Gasteiger partial charge in [-0.2, -0.15) is 5.26 Å². The molecule has 1 aromatic rings. The molecule has 1 atom stereocenters. The largest absolute Gasteiger partial charge is 0.369 e. The summed E-state index contributed by atoms with van der Waals surface area (Å²) in [6.45, 7) is 5.38. The van der Waals surface area contributed by atoms with Gasteiger partial charge in [0.2, 0.25) is 5.91 Å². The van der Waals surface area contributed by atoms with Crippen molar-refractivity contribution in [3.63, 3.8) is 0 Å². The molecule has 0 aromatic heterocycles. The molecule has 1 saturated carbocycles. The Morgan fingerprint density at radius 3 is 2.52 bits per heavy atom. The topological polar surface area (TPSA) is 73.4 Å². The minimum Gasteiger partial charge on any atom is -0.369 e. The molecule has 0 spiro atoms. The van der Waals surface area contributed by atoms with E-state index >= 15 is 0 Å². The van der Waals surface area contributed by atoms with Crippen LogP contribution < -0.4 is 10.6 Å². The van der Waals surface area contributed by atoms with Gasteiger partial charge in [-0.05, 0) is 55.8 Å². The fraction of sp³-hybridized carbons (Fsp3) is 0.619. The number of benzene rings is 1. The smallest absolute Gasteiger partial charge is 0.235 e. The lowest BCUT2D eigenvalue weighted by Crippen LogP contribution is -2.47. The van der Waals surface area contributed by atoms with E-state index in [0.29, 0.717) is 5.92 Å². The molecule has 1 aliphatic carbocycles. The van der Waals surface area contributed by atoms with Crippen LogP contribution in [-0.2, 0) is 4.79 Å². The lowest BCUT2D eigenvalue weighted by molar-refractivity contribution is -0.122. The van der Waals surface area contributed by atoms with Gasteiger partial charge in [-0.15, -0.1) is 0 Å². The van der Waals surface area contributed by atoms with Crippen LogP contribution in [-0.4, -0.2) is 43.5 Å². The molecule has 27 heavy (non-hydrogen) atoms. The Balaban J connectivity index is 1.37. The average molecular weight is 389 g/mol. The highest BCUT2D eigenvalue weighted by Crippen LogP contribution is 2.35. The van der Waals surface area contributed by atoms with E-state index in [-0.39, 0.29) is 5.92 Å². The summed E-state index contributed by atoms with van der Waals surface area (Å²) in [6, 6.07) is 10.2. The Labute approximate surface area is 167 Å². The predicted molar refractivity (Wildman–Crippen MR) is 108 cm³/mol. The minimum atomic E-state index is -0.606. The second kappa shape index (κ2) is 9.43. The number of anilines is 1. The number of hydrogen-bond donors (Lipinski definition) is 1. The molecule has 3 rings (SSSR count). The van der Waals surface area contributed by atoms with Crippen molar-refractivity contribution in [1.82, 2.24) is 4.90 Å². The number of nitrogens with two attached hydrogens (primary N) is 1. The number of piperazine rings is 1. The van der Waals surface area contributed by atoms with E-state index in [2.05, 4.69) is 21.9 Å². The molecule has 6 heteroatoms. The number of carbonyl (C=O) groups is 1. The van der Waals surface area contributed by atoms with Crippen LogP contribution in [0.1, 0.15) is 32.1 Å². The van der Waals surface area contributed by atoms with E-state index in [1.54, 1.807) is 0 Å². The summed E-state index contributed by atoms with van der Waals surface area (Å²) in [6.07, 6.45) is 5.33. The van der Waals surface area contributed by atoms with Crippen molar-refractivity contribution in [2.24, 2.45) is 23.5 Å². The van der Waals surface area contributed by atoms with Crippen molar-refractivity contribution in [3.05, 3.63) is 29.3 Å². The summed E-state index contributed by atoms with van der Waals surface area (Å²) >= 11 is 6.10. The highest BCUT2D eigenvalue weighted by Gasteiger charge is 2.31. The van der Waals surface area contributed by atoms with Crippen molar-refractivity contribution >= 4 is 23.2 Å². The summed E-state index contributed by atoms with van der Waals surface area (Å²) in [7, 11) is 0. The van der Waals surface area contributed by atoms with Gasteiger partial charge < -0.3 is 10.6 Å². The fourth-order valence-electron chi connectivity index (χ4n) is 4.48. The number of rotatable bonds is 6. The van der Waals surface area contributed by atoms with Gasteiger partial charge in [0, 0.05) is 36.9 Å². The molecule has 2 N–H and O–H groups in total. The molecule has 1 aromatic carbocycles. The van der Waals surface area contributed by atoms with Gasteiger partial charge in [0.1, 0.15) is 5.92 Å². The lowest BCUT2D eigenvalue weighted by atomic mass is 9.75. The molecule has 2 fully saturated rings. The fourth-order valence-corrected chi connectivity index (χ4v) is 4.66. The second-order valence-electron chi connectivity index (χ2n) is 7.89. The molecule has 5 nitrogen and oxygen atoms in total. The molecular formula is C21H29ClN4O. The summed E-state index contributed by atoms with van der Waals surface area (Å²) in [5, 5.41) is 9.93. The van der Waals surface area contributed by atoms with E-state index in [9.17, 15) is 4.79 Å². The Hall–Kier alpha value is -1.77. The van der Waals surface area contributed by atoms with Crippen LogP contribution in [0.5, 0.6) is 0 Å². The van der Waals surface area contributed by atoms with Crippen LogP contribution in [0.4, 0.5) is 5.69 Å². The van der Waals surface area contributed by atoms with Crippen LogP contribution in [0.25, 0.3) is 0 Å². The molecule has 1 heterocycles. The number of carbonyl (C=O) groups excluding carboxylic acids is 1. The summed E-state index contributed by atoms with van der Waals surface area (Å²) in [4.78, 5) is 16.3. The van der Waals surface area contributed by atoms with E-state index in [0.717, 1.165) is 63.4 Å². The molecular weight excluding hydrogens is 360 g/mol. The third-order valence-corrected chi connectivity index (χ3v) is 6.44. The molecule has 1 aliphatic heterocycles. The third kappa shape index (κ3) is 5.37. The van der Waals surface area contributed by atoms with Gasteiger partial charge in [-0.3, -0.25) is 9.69 Å². The van der Waals surface area contributed by atoms with Gasteiger partial charge in [0.15, 0.2) is 0 Å². The number of amides is 1.